The molecule has 2 N–H and O–H groups in total. The first-order valence-corrected chi connectivity index (χ1v) is 18.3. The Morgan fingerprint density at radius 2 is 1.77 bits per heavy atom. The molecule has 43 heavy (non-hydrogen) atoms. The topological polar surface area (TPSA) is 113 Å². The molecule has 2 aliphatic rings. The van der Waals surface area contributed by atoms with Crippen molar-refractivity contribution in [1.29, 1.82) is 0 Å². The fourth-order valence-corrected chi connectivity index (χ4v) is 7.90. The maximum Gasteiger partial charge on any atom is 0.326 e. The second kappa shape index (κ2) is 17.2. The molecule has 2 aromatic rings. The number of amides is 1. The van der Waals surface area contributed by atoms with Gasteiger partial charge in [-0.1, -0.05) is 49.6 Å². The predicted octanol–water partition coefficient (Wildman–Crippen LogP) is 5.43. The summed E-state index contributed by atoms with van der Waals surface area (Å²) in [5, 5.41) is 12.8. The van der Waals surface area contributed by atoms with Crippen LogP contribution in [0, 0.1) is 12.8 Å². The smallest absolute Gasteiger partial charge is 0.326 e. The van der Waals surface area contributed by atoms with E-state index >= 15 is 0 Å². The number of aliphatic carboxylic acids is 1. The van der Waals surface area contributed by atoms with Crippen molar-refractivity contribution in [2.75, 3.05) is 45.1 Å². The van der Waals surface area contributed by atoms with E-state index in [1.54, 1.807) is 20.3 Å². The molecule has 10 heteroatoms. The molecular formula is C33H48N2O6S2. The summed E-state index contributed by atoms with van der Waals surface area (Å²) in [6.45, 7) is 4.92. The standard InChI is InChI=1S/C31H42N2O5S2.C2H6O/c1-22-8-6-7-11-26(22)28-18-24(19-33-16-14-25(20-33)39-21-23-9-4-3-5-10-23)12-13-27(28)30(34)32-29(31(35)36)15-17-40(2,37)38;1-3-2/h6-8,11-13,18,23,25,29H,3-5,9-10,14-17,19-21H2,1-2H3,(H,32,34)(H,35,36);1-2H3. The van der Waals surface area contributed by atoms with Gasteiger partial charge >= 0.3 is 5.97 Å². The molecule has 1 saturated heterocycles. The van der Waals surface area contributed by atoms with Crippen LogP contribution >= 0.6 is 11.8 Å². The van der Waals surface area contributed by atoms with Gasteiger partial charge in [0, 0.05) is 44.4 Å². The molecule has 0 aromatic heterocycles. The van der Waals surface area contributed by atoms with Crippen molar-refractivity contribution in [1.82, 2.24) is 10.2 Å². The van der Waals surface area contributed by atoms with Crippen molar-refractivity contribution >= 4 is 33.5 Å². The normalized spacial score (nSPS) is 18.5. The summed E-state index contributed by atoms with van der Waals surface area (Å²) >= 11 is 2.15. The van der Waals surface area contributed by atoms with Gasteiger partial charge < -0.3 is 15.2 Å². The lowest BCUT2D eigenvalue weighted by molar-refractivity contribution is -0.139. The van der Waals surface area contributed by atoms with E-state index < -0.39 is 27.8 Å². The highest BCUT2D eigenvalue weighted by Crippen LogP contribution is 2.33. The molecule has 1 aliphatic carbocycles. The van der Waals surface area contributed by atoms with E-state index in [1.165, 1.54) is 44.3 Å². The summed E-state index contributed by atoms with van der Waals surface area (Å²) in [6.07, 6.45) is 9.01. The second-order valence-corrected chi connectivity index (χ2v) is 15.5. The Hall–Kier alpha value is -2.40. The Labute approximate surface area is 261 Å². The zero-order chi connectivity index (χ0) is 31.4. The number of sulfone groups is 1. The number of likely N-dealkylation sites (tertiary alicyclic amines) is 1. The summed E-state index contributed by atoms with van der Waals surface area (Å²) in [5.41, 5.74) is 4.18. The van der Waals surface area contributed by atoms with Gasteiger partial charge in [0.2, 0.25) is 0 Å². The van der Waals surface area contributed by atoms with E-state index in [2.05, 4.69) is 26.7 Å². The van der Waals surface area contributed by atoms with Crippen LogP contribution in [0.2, 0.25) is 0 Å². The molecule has 1 heterocycles. The number of carboxylic acid groups (broad SMARTS) is 1. The van der Waals surface area contributed by atoms with Gasteiger partial charge in [0.05, 0.1) is 5.75 Å². The van der Waals surface area contributed by atoms with Gasteiger partial charge in [-0.25, -0.2) is 13.2 Å². The Kier molecular flexibility index (Phi) is 14.0. The predicted molar refractivity (Wildman–Crippen MR) is 175 cm³/mol. The number of carbonyl (C=O) groups excluding carboxylic acids is 1. The first-order chi connectivity index (χ1) is 20.5. The van der Waals surface area contributed by atoms with Gasteiger partial charge in [0.15, 0.2) is 0 Å². The number of carbonyl (C=O) groups is 2. The largest absolute Gasteiger partial charge is 0.480 e. The molecule has 2 atom stereocenters. The number of methoxy groups -OCH3 is 1. The molecule has 0 radical (unpaired) electrons. The molecule has 8 nitrogen and oxygen atoms in total. The number of hydrogen-bond acceptors (Lipinski definition) is 7. The van der Waals surface area contributed by atoms with E-state index in [0.29, 0.717) is 10.8 Å². The lowest BCUT2D eigenvalue weighted by atomic mass is 9.91. The van der Waals surface area contributed by atoms with Crippen molar-refractivity contribution in [3.63, 3.8) is 0 Å². The molecule has 238 valence electrons. The fraction of sp³-hybridized carbons (Fsp3) is 0.576. The van der Waals surface area contributed by atoms with E-state index in [4.69, 9.17) is 0 Å². The molecule has 0 bridgehead atoms. The average Bonchev–Trinajstić information content (AvgIpc) is 3.41. The molecule has 1 amide bonds. The number of nitrogens with zero attached hydrogens (tertiary/aromatic N) is 1. The van der Waals surface area contributed by atoms with E-state index in [0.717, 1.165) is 54.1 Å². The molecule has 0 spiro atoms. The van der Waals surface area contributed by atoms with E-state index in [9.17, 15) is 23.1 Å². The first-order valence-electron chi connectivity index (χ1n) is 15.1. The van der Waals surface area contributed by atoms with Crippen LogP contribution < -0.4 is 5.32 Å². The number of benzene rings is 2. The second-order valence-electron chi connectivity index (χ2n) is 11.9. The zero-order valence-electron chi connectivity index (χ0n) is 26.0. The molecule has 2 aromatic carbocycles. The number of aryl methyl sites for hydroxylation is 1. The number of carboxylic acids is 1. The third-order valence-electron chi connectivity index (χ3n) is 8.07. The van der Waals surface area contributed by atoms with Gasteiger partial charge in [0.25, 0.3) is 5.91 Å². The monoisotopic (exact) mass is 632 g/mol. The number of thioether (sulfide) groups is 1. The van der Waals surface area contributed by atoms with Crippen molar-refractivity contribution in [2.45, 2.75) is 69.7 Å². The SMILES string of the molecule is COC.Cc1ccccc1-c1cc(CN2CCC(SCC3CCCCC3)C2)ccc1C(=O)NC(CCS(C)(=O)=O)C(=O)O. The summed E-state index contributed by atoms with van der Waals surface area (Å²) in [5.74, 6) is 0.0718. The minimum Gasteiger partial charge on any atom is -0.480 e. The van der Waals surface area contributed by atoms with Crippen LogP contribution in [0.3, 0.4) is 0 Å². The Morgan fingerprint density at radius 1 is 1.07 bits per heavy atom. The van der Waals surface area contributed by atoms with Crippen LogP contribution in [0.25, 0.3) is 11.1 Å². The molecule has 2 unspecified atom stereocenters. The molecule has 2 fully saturated rings. The van der Waals surface area contributed by atoms with Crippen molar-refractivity contribution in [2.24, 2.45) is 5.92 Å². The summed E-state index contributed by atoms with van der Waals surface area (Å²) in [6, 6.07) is 12.3. The van der Waals surface area contributed by atoms with Crippen LogP contribution in [-0.2, 0) is 25.9 Å². The summed E-state index contributed by atoms with van der Waals surface area (Å²) in [4.78, 5) is 27.6. The molecule has 4 rings (SSSR count). The average molecular weight is 633 g/mol. The van der Waals surface area contributed by atoms with Crippen molar-refractivity contribution in [3.05, 3.63) is 59.2 Å². The Balaban J connectivity index is 0.00000162. The minimum atomic E-state index is -3.36. The van der Waals surface area contributed by atoms with Crippen LogP contribution in [0.5, 0.6) is 0 Å². The van der Waals surface area contributed by atoms with Gasteiger partial charge in [-0.15, -0.1) is 0 Å². The van der Waals surface area contributed by atoms with Gasteiger partial charge in [-0.2, -0.15) is 11.8 Å². The highest BCUT2D eigenvalue weighted by molar-refractivity contribution is 7.99. The first kappa shape index (κ1) is 35.1. The highest BCUT2D eigenvalue weighted by Gasteiger charge is 2.27. The Bertz CT molecular complexity index is 1310. The van der Waals surface area contributed by atoms with Crippen LogP contribution in [0.15, 0.2) is 42.5 Å². The van der Waals surface area contributed by atoms with Crippen LogP contribution in [0.4, 0.5) is 0 Å². The van der Waals surface area contributed by atoms with Crippen molar-refractivity contribution in [3.8, 4) is 11.1 Å². The molecule has 1 aliphatic heterocycles. The maximum absolute atomic E-state index is 13.4. The fourth-order valence-electron chi connectivity index (χ4n) is 5.77. The summed E-state index contributed by atoms with van der Waals surface area (Å²) < 4.78 is 27.4. The third-order valence-corrected chi connectivity index (χ3v) is 10.6. The zero-order valence-corrected chi connectivity index (χ0v) is 27.6. The number of hydrogen-bond donors (Lipinski definition) is 2. The number of rotatable bonds is 12. The highest BCUT2D eigenvalue weighted by atomic mass is 32.2. The minimum absolute atomic E-state index is 0.188. The lowest BCUT2D eigenvalue weighted by Gasteiger charge is -2.23. The van der Waals surface area contributed by atoms with Crippen molar-refractivity contribution < 1.29 is 27.9 Å². The quantitative estimate of drug-likeness (QED) is 0.319. The van der Waals surface area contributed by atoms with Crippen LogP contribution in [-0.4, -0.2) is 86.7 Å². The van der Waals surface area contributed by atoms with E-state index in [1.807, 2.05) is 43.3 Å². The summed E-state index contributed by atoms with van der Waals surface area (Å²) in [7, 11) is -0.112. The number of ether oxygens (including phenoxy) is 1. The van der Waals surface area contributed by atoms with Gasteiger partial charge in [-0.05, 0) is 85.2 Å². The Morgan fingerprint density at radius 3 is 2.42 bits per heavy atom. The maximum atomic E-state index is 13.4. The number of nitrogens with one attached hydrogen (secondary N) is 1. The molecule has 1 saturated carbocycles. The van der Waals surface area contributed by atoms with Crippen LogP contribution in [0.1, 0.15) is 66.4 Å². The van der Waals surface area contributed by atoms with E-state index in [-0.39, 0.29) is 12.2 Å². The third kappa shape index (κ3) is 11.6. The van der Waals surface area contributed by atoms with Gasteiger partial charge in [0.1, 0.15) is 15.9 Å². The molecular weight excluding hydrogens is 585 g/mol. The van der Waals surface area contributed by atoms with Gasteiger partial charge in [-0.3, -0.25) is 9.69 Å². The lowest BCUT2D eigenvalue weighted by Crippen LogP contribution is -2.42.